The van der Waals surface area contributed by atoms with Crippen molar-refractivity contribution >= 4 is 83.9 Å². The molecule has 6 aromatic rings. The van der Waals surface area contributed by atoms with Gasteiger partial charge in [-0.05, 0) is 167 Å². The van der Waals surface area contributed by atoms with Crippen LogP contribution in [0.25, 0.3) is 10.4 Å². The third kappa shape index (κ3) is 18.9. The zero-order valence-electron chi connectivity index (χ0n) is 63.2. The van der Waals surface area contributed by atoms with Crippen molar-refractivity contribution in [2.45, 2.75) is 182 Å². The van der Waals surface area contributed by atoms with Gasteiger partial charge in [0, 0.05) is 124 Å². The number of aromatic nitrogens is 2. The van der Waals surface area contributed by atoms with Gasteiger partial charge in [0.2, 0.25) is 30.1 Å². The van der Waals surface area contributed by atoms with Crippen LogP contribution in [0.1, 0.15) is 163 Å². The quantitative estimate of drug-likeness (QED) is 0.0132. The van der Waals surface area contributed by atoms with Crippen molar-refractivity contribution in [2.24, 2.45) is 22.2 Å². The lowest BCUT2D eigenvalue weighted by molar-refractivity contribution is -0.250. The molecular formula is C80H100F5N11O10S4. The van der Waals surface area contributed by atoms with Crippen molar-refractivity contribution in [3.63, 3.8) is 0 Å². The molecule has 3 saturated heterocycles. The maximum absolute atomic E-state index is 14.6. The average Bonchev–Trinajstić information content (AvgIpc) is 0.869. The molecule has 4 aliphatic carbocycles. The normalized spacial score (nSPS) is 21.3. The smallest absolute Gasteiger partial charge is 0.380 e. The van der Waals surface area contributed by atoms with Gasteiger partial charge in [-0.3, -0.25) is 33.8 Å². The van der Waals surface area contributed by atoms with E-state index in [1.807, 2.05) is 80.1 Å². The molecule has 4 N–H and O–H groups in total. The van der Waals surface area contributed by atoms with E-state index in [0.717, 1.165) is 83.3 Å². The van der Waals surface area contributed by atoms with Crippen molar-refractivity contribution < 1.29 is 67.3 Å². The summed E-state index contributed by atoms with van der Waals surface area (Å²) in [6.07, 6.45) is 5.81. The SMILES string of the molecule is Cc1cc(C(C(=O)N2CCC[C@H]2C(=O)N[C@@H](CC(=O)NCCCCCC(=O)N2CCN(CC[C@H](CSc3ccccc3)Nc3ccc(S(=O)(=O)NC(=O)c4ccc(N5CCN(CC6=C(C78CC(C(F)F)(C7)C8)CC(C)(C)CC6)CC5)cc4)cc3S(=O)(=O)C(F)(F)F)CC2)c2ccc(-c3scnc3C)cc2)C(C)C)on1. The summed E-state index contributed by atoms with van der Waals surface area (Å²) < 4.78 is 134. The predicted octanol–water partition coefficient (Wildman–Crippen LogP) is 13.4. The predicted molar refractivity (Wildman–Crippen MR) is 414 cm³/mol. The van der Waals surface area contributed by atoms with E-state index in [2.05, 4.69) is 54.6 Å². The molecule has 2 aromatic heterocycles. The maximum Gasteiger partial charge on any atom is 0.501 e. The number of amides is 5. The molecule has 6 fully saturated rings. The van der Waals surface area contributed by atoms with E-state index in [1.54, 1.807) is 40.4 Å². The van der Waals surface area contributed by atoms with E-state index in [9.17, 15) is 62.8 Å². The molecule has 0 spiro atoms. The summed E-state index contributed by atoms with van der Waals surface area (Å²) >= 11 is 2.91. The fraction of sp³-hybridized carbons (Fsp3) is 0.537. The number of piperazine rings is 2. The molecule has 1 unspecified atom stereocenters. The Morgan fingerprint density at radius 3 is 2.15 bits per heavy atom. The number of nitrogens with one attached hydrogen (secondary N) is 4. The number of sulfone groups is 1. The number of halogens is 5. The number of alkyl halides is 5. The molecule has 13 rings (SSSR count). The van der Waals surface area contributed by atoms with Crippen molar-refractivity contribution in [3.8, 4) is 10.4 Å². The van der Waals surface area contributed by atoms with Crippen molar-refractivity contribution in [1.29, 1.82) is 0 Å². The number of benzene rings is 4. The molecular weight excluding hydrogens is 1500 g/mol. The Kier molecular flexibility index (Phi) is 25.5. The molecule has 594 valence electrons. The minimum absolute atomic E-state index is 0.0308. The first-order valence-corrected chi connectivity index (χ1v) is 43.0. The van der Waals surface area contributed by atoms with E-state index in [4.69, 9.17) is 4.52 Å². The summed E-state index contributed by atoms with van der Waals surface area (Å²) in [5.41, 5.74) is 1.44. The minimum Gasteiger partial charge on any atom is -0.380 e. The van der Waals surface area contributed by atoms with Crippen molar-refractivity contribution in [2.75, 3.05) is 94.5 Å². The van der Waals surface area contributed by atoms with Gasteiger partial charge < -0.3 is 35.2 Å². The van der Waals surface area contributed by atoms with E-state index in [-0.39, 0.29) is 64.5 Å². The molecule has 3 saturated carbocycles. The van der Waals surface area contributed by atoms with Crippen molar-refractivity contribution in [1.82, 2.24) is 45.1 Å². The number of thiazole rings is 1. The molecule has 21 nitrogen and oxygen atoms in total. The first-order chi connectivity index (χ1) is 52.3. The second-order valence-corrected chi connectivity index (χ2v) is 37.4. The molecule has 0 radical (unpaired) electrons. The van der Waals surface area contributed by atoms with Crippen LogP contribution in [0, 0.1) is 36.0 Å². The number of carbonyl (C=O) groups is 5. The summed E-state index contributed by atoms with van der Waals surface area (Å²) in [5, 5.41) is 13.2. The monoisotopic (exact) mass is 1600 g/mol. The summed E-state index contributed by atoms with van der Waals surface area (Å²) in [4.78, 5) is 83.5. The van der Waals surface area contributed by atoms with Crippen LogP contribution in [-0.4, -0.2) is 184 Å². The Hall–Kier alpha value is -7.77. The van der Waals surface area contributed by atoms with Gasteiger partial charge in [-0.1, -0.05) is 92.9 Å². The zero-order valence-corrected chi connectivity index (χ0v) is 66.5. The third-order valence-electron chi connectivity index (χ3n) is 22.9. The topological polar surface area (TPSA) is 257 Å². The van der Waals surface area contributed by atoms with E-state index in [1.165, 1.54) is 46.4 Å². The van der Waals surface area contributed by atoms with Crippen LogP contribution in [0.2, 0.25) is 0 Å². The number of allylic oxidation sites excluding steroid dienone is 1. The lowest BCUT2D eigenvalue weighted by Gasteiger charge is -2.72. The van der Waals surface area contributed by atoms with Crippen LogP contribution >= 0.6 is 23.1 Å². The highest BCUT2D eigenvalue weighted by Gasteiger charge is 2.73. The fourth-order valence-electron chi connectivity index (χ4n) is 16.7. The first-order valence-electron chi connectivity index (χ1n) is 38.1. The largest absolute Gasteiger partial charge is 0.501 e. The zero-order chi connectivity index (χ0) is 78.5. The second-order valence-electron chi connectivity index (χ2n) is 31.8. The highest BCUT2D eigenvalue weighted by atomic mass is 32.2. The number of nitrogens with zero attached hydrogens (tertiary/aromatic N) is 7. The molecule has 2 bridgehead atoms. The van der Waals surface area contributed by atoms with Gasteiger partial charge >= 0.3 is 5.51 Å². The highest BCUT2D eigenvalue weighted by Crippen LogP contribution is 2.79. The lowest BCUT2D eigenvalue weighted by Crippen LogP contribution is -2.66. The summed E-state index contributed by atoms with van der Waals surface area (Å²) in [6, 6.07) is 25.1. The Morgan fingerprint density at radius 1 is 0.809 bits per heavy atom. The number of thioether (sulfide) groups is 1. The van der Waals surface area contributed by atoms with Crippen LogP contribution in [0.4, 0.5) is 33.3 Å². The average molecular weight is 1600 g/mol. The van der Waals surface area contributed by atoms with Crippen LogP contribution in [-0.2, 0) is 39.0 Å². The van der Waals surface area contributed by atoms with Gasteiger partial charge in [-0.2, -0.15) is 13.2 Å². The standard InChI is InChI=1S/C80H100F5N11O10S4/c1-52(2)71(67-42-53(3)90-106-67)75(101)96-32-13-16-66(96)74(100)89-65(55-18-20-56(21-19-55)72-54(4)87-51-108-72)44-69(97)86-31-12-8-11-17-70(98)95-40-34-92(35-41-95)33-29-59(47-107-61-14-9-7-10-15-61)88-64-27-26-62(43-68(64)109(102,103)80(83,84)85)110(104,105)91-73(99)57-22-24-60(25-23-57)94-38-36-93(37-39-94)46-58-28-30-77(5,6)45-63(58)78-48-79(49-78,50-78)76(81)82/h7,9-10,14-15,18-27,42-43,51-52,59,65-66,71,76,88H,8,11-13,16-17,28-41,44-50H2,1-6H3,(H,86,97)(H,89,100)(H,91,99)/t59-,65+,66+,71?,78?,79?/m1/s1. The van der Waals surface area contributed by atoms with Crippen LogP contribution in [0.3, 0.4) is 0 Å². The number of aryl methyl sites for hydroxylation is 2. The number of anilines is 2. The number of rotatable bonds is 32. The molecule has 5 amide bonds. The number of unbranched alkanes of at least 4 members (excludes halogenated alkanes) is 2. The van der Waals surface area contributed by atoms with Crippen LogP contribution < -0.4 is 25.6 Å². The second kappa shape index (κ2) is 34.3. The van der Waals surface area contributed by atoms with E-state index in [0.29, 0.717) is 134 Å². The van der Waals surface area contributed by atoms with Gasteiger partial charge in [0.05, 0.1) is 44.8 Å². The summed E-state index contributed by atoms with van der Waals surface area (Å²) in [7, 11) is -11.2. The lowest BCUT2D eigenvalue weighted by atomic mass is 9.32. The number of hydrogen-bond donors (Lipinski definition) is 4. The Bertz CT molecular complexity index is 4520. The van der Waals surface area contributed by atoms with Crippen LogP contribution in [0.15, 0.2) is 139 Å². The Balaban J connectivity index is 0.610. The number of likely N-dealkylation sites (tertiary alicyclic amines) is 1. The molecule has 3 aliphatic heterocycles. The van der Waals surface area contributed by atoms with Gasteiger partial charge in [0.15, 0.2) is 0 Å². The van der Waals surface area contributed by atoms with E-state index >= 15 is 0 Å². The fourth-order valence-corrected chi connectivity index (χ4v) is 20.6. The van der Waals surface area contributed by atoms with Crippen molar-refractivity contribution in [3.05, 3.63) is 148 Å². The molecule has 110 heavy (non-hydrogen) atoms. The minimum atomic E-state index is -6.20. The Morgan fingerprint density at radius 2 is 1.51 bits per heavy atom. The number of sulfonamides is 1. The number of hydrogen-bond acceptors (Lipinski definition) is 18. The highest BCUT2D eigenvalue weighted by molar-refractivity contribution is 7.99. The first kappa shape index (κ1) is 81.7. The van der Waals surface area contributed by atoms with Gasteiger partial charge in [0.25, 0.3) is 25.8 Å². The molecule has 30 heteroatoms. The molecule has 7 aliphatic rings. The molecule has 5 heterocycles. The summed E-state index contributed by atoms with van der Waals surface area (Å²) in [6.45, 7) is 18.6. The third-order valence-corrected chi connectivity index (χ3v) is 27.9. The maximum atomic E-state index is 14.6. The van der Waals surface area contributed by atoms with Crippen LogP contribution in [0.5, 0.6) is 0 Å². The molecule has 4 aromatic carbocycles. The molecule has 4 atom stereocenters. The summed E-state index contributed by atoms with van der Waals surface area (Å²) in [5.74, 6) is -2.02. The van der Waals surface area contributed by atoms with E-state index < -0.39 is 82.6 Å². The van der Waals surface area contributed by atoms with Gasteiger partial charge in [-0.15, -0.1) is 23.1 Å². The van der Waals surface area contributed by atoms with Gasteiger partial charge in [-0.25, -0.2) is 35.3 Å². The van der Waals surface area contributed by atoms with Gasteiger partial charge in [0.1, 0.15) is 22.6 Å². The number of carbonyl (C=O) groups excluding carboxylic acids is 5. The Labute approximate surface area is 649 Å².